The van der Waals surface area contributed by atoms with Crippen molar-refractivity contribution >= 4 is 27.8 Å². The van der Waals surface area contributed by atoms with Gasteiger partial charge in [0.2, 0.25) is 0 Å². The van der Waals surface area contributed by atoms with Gasteiger partial charge in [0.25, 0.3) is 0 Å². The highest BCUT2D eigenvalue weighted by molar-refractivity contribution is 6.06. The molecule has 4 heteroatoms. The molecule has 22 heavy (non-hydrogen) atoms. The van der Waals surface area contributed by atoms with E-state index in [9.17, 15) is 0 Å². The van der Waals surface area contributed by atoms with Crippen molar-refractivity contribution in [3.05, 3.63) is 30.1 Å². The molecule has 2 aromatic heterocycles. The van der Waals surface area contributed by atoms with E-state index in [1.54, 1.807) is 0 Å². The number of hydrogen-bond donors (Lipinski definition) is 1. The lowest BCUT2D eigenvalue weighted by atomic mass is 10.1. The number of aryl methyl sites for hydroxylation is 2. The van der Waals surface area contributed by atoms with Gasteiger partial charge in [-0.2, -0.15) is 0 Å². The lowest BCUT2D eigenvalue weighted by Gasteiger charge is -2.11. The minimum absolute atomic E-state index is 0.533. The molecule has 0 aliphatic rings. The number of pyridine rings is 1. The molecule has 4 nitrogen and oxygen atoms in total. The van der Waals surface area contributed by atoms with E-state index < -0.39 is 0 Å². The predicted octanol–water partition coefficient (Wildman–Crippen LogP) is 4.17. The highest BCUT2D eigenvalue weighted by Gasteiger charge is 2.16. The summed E-state index contributed by atoms with van der Waals surface area (Å²) in [5.74, 6) is 2.36. The van der Waals surface area contributed by atoms with Crippen LogP contribution in [-0.4, -0.2) is 14.5 Å². The van der Waals surface area contributed by atoms with Crippen LogP contribution < -0.4 is 5.73 Å². The fraction of sp³-hybridized carbons (Fsp3) is 0.444. The Labute approximate surface area is 131 Å². The van der Waals surface area contributed by atoms with Crippen LogP contribution in [0.2, 0.25) is 0 Å². The SMILES string of the molecule is CCc1nc2c(N)nc3ccccc3c2n1CCCC(C)C. The van der Waals surface area contributed by atoms with Crippen LogP contribution >= 0.6 is 0 Å². The van der Waals surface area contributed by atoms with Crippen LogP contribution in [0.3, 0.4) is 0 Å². The van der Waals surface area contributed by atoms with Crippen LogP contribution in [0, 0.1) is 5.92 Å². The van der Waals surface area contributed by atoms with Crippen LogP contribution in [0.15, 0.2) is 24.3 Å². The average Bonchev–Trinajstić information content (AvgIpc) is 2.87. The molecule has 0 unspecified atom stereocenters. The molecule has 0 bridgehead atoms. The first-order chi connectivity index (χ1) is 10.6. The van der Waals surface area contributed by atoms with E-state index in [0.29, 0.717) is 5.82 Å². The van der Waals surface area contributed by atoms with Gasteiger partial charge in [-0.1, -0.05) is 39.0 Å². The number of para-hydroxylation sites is 1. The zero-order chi connectivity index (χ0) is 15.7. The summed E-state index contributed by atoms with van der Waals surface area (Å²) in [5.41, 5.74) is 9.08. The van der Waals surface area contributed by atoms with Gasteiger partial charge in [-0.25, -0.2) is 9.97 Å². The summed E-state index contributed by atoms with van der Waals surface area (Å²) in [4.78, 5) is 9.26. The van der Waals surface area contributed by atoms with Gasteiger partial charge >= 0.3 is 0 Å². The van der Waals surface area contributed by atoms with Crippen molar-refractivity contribution in [2.75, 3.05) is 5.73 Å². The molecular weight excluding hydrogens is 272 g/mol. The number of nitrogens with zero attached hydrogens (tertiary/aromatic N) is 3. The number of fused-ring (bicyclic) bond motifs is 3. The topological polar surface area (TPSA) is 56.7 Å². The predicted molar refractivity (Wildman–Crippen MR) is 92.9 cm³/mol. The van der Waals surface area contributed by atoms with Crippen molar-refractivity contribution in [2.24, 2.45) is 5.92 Å². The molecule has 1 aromatic carbocycles. The second kappa shape index (κ2) is 5.95. The first kappa shape index (κ1) is 14.8. The van der Waals surface area contributed by atoms with E-state index in [-0.39, 0.29) is 0 Å². The van der Waals surface area contributed by atoms with Crippen molar-refractivity contribution in [2.45, 2.75) is 46.6 Å². The summed E-state index contributed by atoms with van der Waals surface area (Å²) < 4.78 is 2.35. The Morgan fingerprint density at radius 1 is 1.18 bits per heavy atom. The fourth-order valence-electron chi connectivity index (χ4n) is 3.07. The fourth-order valence-corrected chi connectivity index (χ4v) is 3.07. The molecule has 0 amide bonds. The lowest BCUT2D eigenvalue weighted by Crippen LogP contribution is -2.05. The minimum Gasteiger partial charge on any atom is -0.382 e. The van der Waals surface area contributed by atoms with Crippen molar-refractivity contribution in [3.63, 3.8) is 0 Å². The monoisotopic (exact) mass is 296 g/mol. The highest BCUT2D eigenvalue weighted by Crippen LogP contribution is 2.29. The molecule has 2 heterocycles. The zero-order valence-electron chi connectivity index (χ0n) is 13.6. The molecule has 2 N–H and O–H groups in total. The molecule has 0 saturated heterocycles. The highest BCUT2D eigenvalue weighted by atomic mass is 15.1. The number of rotatable bonds is 5. The molecule has 0 spiro atoms. The Morgan fingerprint density at radius 3 is 2.68 bits per heavy atom. The Kier molecular flexibility index (Phi) is 4.01. The summed E-state index contributed by atoms with van der Waals surface area (Å²) in [6.45, 7) is 7.67. The number of nitrogen functional groups attached to an aromatic ring is 1. The molecule has 0 saturated carbocycles. The number of anilines is 1. The molecule has 3 aromatic rings. The smallest absolute Gasteiger partial charge is 0.152 e. The summed E-state index contributed by atoms with van der Waals surface area (Å²) in [7, 11) is 0. The van der Waals surface area contributed by atoms with E-state index >= 15 is 0 Å². The van der Waals surface area contributed by atoms with Crippen molar-refractivity contribution < 1.29 is 0 Å². The second-order valence-electron chi connectivity index (χ2n) is 6.28. The molecule has 0 fully saturated rings. The van der Waals surface area contributed by atoms with Crippen molar-refractivity contribution in [1.82, 2.24) is 14.5 Å². The number of aromatic nitrogens is 3. The number of imidazole rings is 1. The van der Waals surface area contributed by atoms with Gasteiger partial charge in [0, 0.05) is 18.4 Å². The van der Waals surface area contributed by atoms with Crippen LogP contribution in [0.4, 0.5) is 5.82 Å². The quantitative estimate of drug-likeness (QED) is 0.769. The first-order valence-corrected chi connectivity index (χ1v) is 8.15. The molecule has 3 rings (SSSR count). The van der Waals surface area contributed by atoms with Gasteiger partial charge in [-0.15, -0.1) is 0 Å². The van der Waals surface area contributed by atoms with E-state index in [2.05, 4.69) is 42.5 Å². The van der Waals surface area contributed by atoms with Crippen LogP contribution in [-0.2, 0) is 13.0 Å². The van der Waals surface area contributed by atoms with Gasteiger partial charge in [0.1, 0.15) is 11.3 Å². The lowest BCUT2D eigenvalue weighted by molar-refractivity contribution is 0.510. The Morgan fingerprint density at radius 2 is 1.95 bits per heavy atom. The Balaban J connectivity index is 2.19. The van der Waals surface area contributed by atoms with Crippen LogP contribution in [0.1, 0.15) is 39.4 Å². The van der Waals surface area contributed by atoms with Gasteiger partial charge in [0.05, 0.1) is 11.0 Å². The van der Waals surface area contributed by atoms with E-state index in [0.717, 1.165) is 53.1 Å². The number of hydrogen-bond acceptors (Lipinski definition) is 3. The van der Waals surface area contributed by atoms with E-state index in [1.807, 2.05) is 12.1 Å². The summed E-state index contributed by atoms with van der Waals surface area (Å²) in [5, 5.41) is 1.14. The largest absolute Gasteiger partial charge is 0.382 e. The molecule has 0 radical (unpaired) electrons. The van der Waals surface area contributed by atoms with Gasteiger partial charge in [0.15, 0.2) is 5.82 Å². The average molecular weight is 296 g/mol. The maximum atomic E-state index is 6.15. The number of nitrogens with two attached hydrogens (primary N) is 1. The normalized spacial score (nSPS) is 11.8. The molecule has 116 valence electrons. The first-order valence-electron chi connectivity index (χ1n) is 8.15. The molecular formula is C18H24N4. The van der Waals surface area contributed by atoms with Crippen LogP contribution in [0.5, 0.6) is 0 Å². The van der Waals surface area contributed by atoms with Gasteiger partial charge < -0.3 is 10.3 Å². The maximum Gasteiger partial charge on any atom is 0.152 e. The Hall–Kier alpha value is -2.10. The van der Waals surface area contributed by atoms with E-state index in [1.165, 1.54) is 6.42 Å². The Bertz CT molecular complexity index is 802. The molecule has 0 aliphatic carbocycles. The second-order valence-corrected chi connectivity index (χ2v) is 6.28. The third-order valence-corrected chi connectivity index (χ3v) is 4.17. The maximum absolute atomic E-state index is 6.15. The molecule has 0 aliphatic heterocycles. The molecule has 0 atom stereocenters. The third kappa shape index (κ3) is 2.54. The summed E-state index contributed by atoms with van der Waals surface area (Å²) >= 11 is 0. The van der Waals surface area contributed by atoms with E-state index in [4.69, 9.17) is 10.7 Å². The van der Waals surface area contributed by atoms with Crippen molar-refractivity contribution in [1.29, 1.82) is 0 Å². The summed E-state index contributed by atoms with van der Waals surface area (Å²) in [6, 6.07) is 8.18. The number of benzene rings is 1. The van der Waals surface area contributed by atoms with Gasteiger partial charge in [-0.05, 0) is 24.8 Å². The standard InChI is InChI=1S/C18H24N4/c1-4-15-21-16-17(22(15)11-7-8-12(2)3)13-9-5-6-10-14(13)20-18(16)19/h5-6,9-10,12H,4,7-8,11H2,1-3H3,(H2,19,20). The summed E-state index contributed by atoms with van der Waals surface area (Å²) in [6.07, 6.45) is 3.29. The minimum atomic E-state index is 0.533. The van der Waals surface area contributed by atoms with Gasteiger partial charge in [-0.3, -0.25) is 0 Å². The zero-order valence-corrected chi connectivity index (χ0v) is 13.6. The van der Waals surface area contributed by atoms with Crippen LogP contribution in [0.25, 0.3) is 21.9 Å². The third-order valence-electron chi connectivity index (χ3n) is 4.17. The van der Waals surface area contributed by atoms with Crippen molar-refractivity contribution in [3.8, 4) is 0 Å².